The monoisotopic (exact) mass is 283 g/mol. The molecule has 1 aliphatic rings. The van der Waals surface area contributed by atoms with Crippen LogP contribution in [0.15, 0.2) is 12.2 Å². The van der Waals surface area contributed by atoms with Crippen LogP contribution in [0.3, 0.4) is 0 Å². The molecular formula is C15H25NO4. The molecule has 0 saturated heterocycles. The van der Waals surface area contributed by atoms with Crippen LogP contribution in [0.25, 0.3) is 0 Å². The SMILES string of the molecule is C=C(C)C1(C(NC(=O)OC(C)(C)C)C(=O)O)CCCC1. The minimum absolute atomic E-state index is 0.567. The van der Waals surface area contributed by atoms with Crippen molar-refractivity contribution in [2.24, 2.45) is 5.41 Å². The lowest BCUT2D eigenvalue weighted by molar-refractivity contribution is -0.142. The highest BCUT2D eigenvalue weighted by molar-refractivity contribution is 5.81. The second-order valence-corrected chi connectivity index (χ2v) is 6.56. The number of carboxylic acids is 1. The van der Waals surface area contributed by atoms with E-state index < -0.39 is 29.1 Å². The Bertz CT molecular complexity index is 403. The van der Waals surface area contributed by atoms with Crippen LogP contribution >= 0.6 is 0 Å². The molecule has 0 bridgehead atoms. The van der Waals surface area contributed by atoms with Crippen LogP contribution in [0, 0.1) is 5.41 Å². The Morgan fingerprint density at radius 3 is 2.15 bits per heavy atom. The fourth-order valence-corrected chi connectivity index (χ4v) is 2.83. The third-order valence-corrected chi connectivity index (χ3v) is 3.81. The lowest BCUT2D eigenvalue weighted by Crippen LogP contribution is -2.53. The summed E-state index contributed by atoms with van der Waals surface area (Å²) in [7, 11) is 0. The highest BCUT2D eigenvalue weighted by Crippen LogP contribution is 2.46. The van der Waals surface area contributed by atoms with Crippen molar-refractivity contribution in [1.82, 2.24) is 5.32 Å². The van der Waals surface area contributed by atoms with E-state index in [-0.39, 0.29) is 0 Å². The highest BCUT2D eigenvalue weighted by atomic mass is 16.6. The summed E-state index contributed by atoms with van der Waals surface area (Å²) in [5.74, 6) is -1.04. The fourth-order valence-electron chi connectivity index (χ4n) is 2.83. The molecular weight excluding hydrogens is 258 g/mol. The van der Waals surface area contributed by atoms with Crippen LogP contribution in [0.2, 0.25) is 0 Å². The smallest absolute Gasteiger partial charge is 0.408 e. The Kier molecular flexibility index (Phi) is 4.84. The maximum absolute atomic E-state index is 11.9. The molecule has 2 N–H and O–H groups in total. The largest absolute Gasteiger partial charge is 0.480 e. The zero-order valence-corrected chi connectivity index (χ0v) is 12.8. The number of rotatable bonds is 4. The third-order valence-electron chi connectivity index (χ3n) is 3.81. The lowest BCUT2D eigenvalue weighted by Gasteiger charge is -2.36. The number of amides is 1. The van der Waals surface area contributed by atoms with Crippen LogP contribution < -0.4 is 5.32 Å². The molecule has 0 spiro atoms. The maximum atomic E-state index is 11.9. The van der Waals surface area contributed by atoms with Gasteiger partial charge in [-0.3, -0.25) is 0 Å². The highest BCUT2D eigenvalue weighted by Gasteiger charge is 2.47. The molecule has 0 aliphatic heterocycles. The van der Waals surface area contributed by atoms with Crippen molar-refractivity contribution in [3.63, 3.8) is 0 Å². The van der Waals surface area contributed by atoms with Gasteiger partial charge in [0.25, 0.3) is 0 Å². The molecule has 20 heavy (non-hydrogen) atoms. The van der Waals surface area contributed by atoms with E-state index in [9.17, 15) is 14.7 Å². The van der Waals surface area contributed by atoms with Gasteiger partial charge in [0.05, 0.1) is 0 Å². The predicted octanol–water partition coefficient (Wildman–Crippen LogP) is 3.10. The Hall–Kier alpha value is -1.52. The summed E-state index contributed by atoms with van der Waals surface area (Å²) >= 11 is 0. The molecule has 1 aliphatic carbocycles. The van der Waals surface area contributed by atoms with Gasteiger partial charge in [0.15, 0.2) is 0 Å². The maximum Gasteiger partial charge on any atom is 0.408 e. The van der Waals surface area contributed by atoms with Crippen LogP contribution in [0.4, 0.5) is 4.79 Å². The summed E-state index contributed by atoms with van der Waals surface area (Å²) in [6.45, 7) is 11.0. The normalized spacial score (nSPS) is 19.2. The predicted molar refractivity (Wildman–Crippen MR) is 76.5 cm³/mol. The average Bonchev–Trinajstić information content (AvgIpc) is 2.72. The first kappa shape index (κ1) is 16.5. The number of alkyl carbamates (subject to hydrolysis) is 1. The average molecular weight is 283 g/mol. The van der Waals surface area contributed by atoms with E-state index in [1.807, 2.05) is 6.92 Å². The van der Waals surface area contributed by atoms with Gasteiger partial charge < -0.3 is 15.2 Å². The van der Waals surface area contributed by atoms with Crippen molar-refractivity contribution in [2.75, 3.05) is 0 Å². The quantitative estimate of drug-likeness (QED) is 0.777. The van der Waals surface area contributed by atoms with Gasteiger partial charge in [0.1, 0.15) is 11.6 Å². The van der Waals surface area contributed by atoms with E-state index in [0.717, 1.165) is 31.3 Å². The van der Waals surface area contributed by atoms with Crippen molar-refractivity contribution in [3.05, 3.63) is 12.2 Å². The van der Waals surface area contributed by atoms with E-state index in [4.69, 9.17) is 4.74 Å². The number of hydrogen-bond donors (Lipinski definition) is 2. The van der Waals surface area contributed by atoms with E-state index in [0.29, 0.717) is 0 Å². The van der Waals surface area contributed by atoms with E-state index in [1.165, 1.54) is 0 Å². The molecule has 1 amide bonds. The molecule has 0 aromatic heterocycles. The summed E-state index contributed by atoms with van der Waals surface area (Å²) in [5.41, 5.74) is -0.416. The topological polar surface area (TPSA) is 75.6 Å². The van der Waals surface area contributed by atoms with Crippen LogP contribution in [0.1, 0.15) is 53.4 Å². The number of nitrogens with one attached hydrogen (secondary N) is 1. The number of aliphatic carboxylic acids is 1. The Morgan fingerprint density at radius 2 is 1.80 bits per heavy atom. The first-order chi connectivity index (χ1) is 9.08. The van der Waals surface area contributed by atoms with Gasteiger partial charge in [-0.15, -0.1) is 0 Å². The molecule has 1 saturated carbocycles. The number of ether oxygens (including phenoxy) is 1. The van der Waals surface area contributed by atoms with E-state index in [2.05, 4.69) is 11.9 Å². The zero-order chi connectivity index (χ0) is 15.6. The van der Waals surface area contributed by atoms with Gasteiger partial charge in [-0.25, -0.2) is 9.59 Å². The second-order valence-electron chi connectivity index (χ2n) is 6.56. The molecule has 0 aromatic rings. The molecule has 1 rings (SSSR count). The molecule has 1 fully saturated rings. The first-order valence-electron chi connectivity index (χ1n) is 6.97. The van der Waals surface area contributed by atoms with Gasteiger partial charge in [-0.1, -0.05) is 25.0 Å². The molecule has 1 atom stereocenters. The number of carboxylic acid groups (broad SMARTS) is 1. The van der Waals surface area contributed by atoms with Gasteiger partial charge in [0, 0.05) is 5.41 Å². The lowest BCUT2D eigenvalue weighted by atomic mass is 9.73. The van der Waals surface area contributed by atoms with Gasteiger partial charge in [-0.05, 0) is 40.5 Å². The van der Waals surface area contributed by atoms with E-state index in [1.54, 1.807) is 20.8 Å². The number of carbonyl (C=O) groups is 2. The summed E-state index contributed by atoms with van der Waals surface area (Å²) in [5, 5.41) is 12.0. The van der Waals surface area contributed by atoms with Crippen molar-refractivity contribution in [2.45, 2.75) is 65.0 Å². The molecule has 0 heterocycles. The van der Waals surface area contributed by atoms with Crippen molar-refractivity contribution in [1.29, 1.82) is 0 Å². The third kappa shape index (κ3) is 3.74. The Balaban J connectivity index is 2.92. The van der Waals surface area contributed by atoms with Crippen LogP contribution in [-0.2, 0) is 9.53 Å². The molecule has 5 nitrogen and oxygen atoms in total. The molecule has 1 unspecified atom stereocenters. The van der Waals surface area contributed by atoms with Gasteiger partial charge in [0.2, 0.25) is 0 Å². The van der Waals surface area contributed by atoms with Gasteiger partial charge >= 0.3 is 12.1 Å². The Morgan fingerprint density at radius 1 is 1.30 bits per heavy atom. The van der Waals surface area contributed by atoms with E-state index >= 15 is 0 Å². The number of carbonyl (C=O) groups excluding carboxylic acids is 1. The van der Waals surface area contributed by atoms with Crippen molar-refractivity contribution < 1.29 is 19.4 Å². The summed E-state index contributed by atoms with van der Waals surface area (Å²) in [4.78, 5) is 23.5. The van der Waals surface area contributed by atoms with Crippen molar-refractivity contribution in [3.8, 4) is 0 Å². The van der Waals surface area contributed by atoms with Crippen LogP contribution in [-0.4, -0.2) is 28.8 Å². The summed E-state index contributed by atoms with van der Waals surface area (Å²) < 4.78 is 5.16. The fraction of sp³-hybridized carbons (Fsp3) is 0.733. The van der Waals surface area contributed by atoms with Crippen molar-refractivity contribution >= 4 is 12.1 Å². The molecule has 0 radical (unpaired) electrons. The standard InChI is InChI=1S/C15H25NO4/c1-10(2)15(8-6-7-9-15)11(12(17)18)16-13(19)20-14(3,4)5/h11H,1,6-9H2,2-5H3,(H,16,19)(H,17,18). The van der Waals surface area contributed by atoms with Gasteiger partial charge in [-0.2, -0.15) is 0 Å². The summed E-state index contributed by atoms with van der Waals surface area (Å²) in [6.07, 6.45) is 2.67. The molecule has 114 valence electrons. The minimum atomic E-state index is -1.04. The molecule has 0 aromatic carbocycles. The minimum Gasteiger partial charge on any atom is -0.480 e. The van der Waals surface area contributed by atoms with Crippen LogP contribution in [0.5, 0.6) is 0 Å². The molecule has 5 heteroatoms. The summed E-state index contributed by atoms with van der Waals surface area (Å²) in [6, 6.07) is -0.989. The second kappa shape index (κ2) is 5.85. The zero-order valence-electron chi connectivity index (χ0n) is 12.8. The number of hydrogen-bond acceptors (Lipinski definition) is 3. The Labute approximate surface area is 120 Å². The first-order valence-corrected chi connectivity index (χ1v) is 6.97.